The average Bonchev–Trinajstić information content (AvgIpc) is 2.40. The van der Waals surface area contributed by atoms with Crippen molar-refractivity contribution in [2.75, 3.05) is 41.0 Å². The Hall–Kier alpha value is -0.200. The Morgan fingerprint density at radius 3 is 2.39 bits per heavy atom. The number of hydrogen-bond donors (Lipinski definition) is 1. The highest BCUT2D eigenvalue weighted by Gasteiger charge is 2.42. The maximum absolute atomic E-state index is 5.97. The molecule has 5 heteroatoms. The minimum atomic E-state index is -0.326. The lowest BCUT2D eigenvalue weighted by Gasteiger charge is -2.48. The van der Waals surface area contributed by atoms with Crippen LogP contribution in [-0.4, -0.2) is 63.8 Å². The van der Waals surface area contributed by atoms with Gasteiger partial charge in [-0.15, -0.1) is 0 Å². The Morgan fingerprint density at radius 2 is 1.94 bits per heavy atom. The van der Waals surface area contributed by atoms with Crippen LogP contribution in [0.4, 0.5) is 0 Å². The molecule has 0 bridgehead atoms. The molecule has 0 radical (unpaired) electrons. The van der Waals surface area contributed by atoms with Crippen LogP contribution in [0, 0.1) is 5.92 Å². The number of nitrogens with zero attached hydrogens (tertiary/aromatic N) is 1. The molecule has 1 fully saturated rings. The molecule has 18 heavy (non-hydrogen) atoms. The number of piperidine rings is 1. The van der Waals surface area contributed by atoms with Gasteiger partial charge in [0.25, 0.3) is 0 Å². The summed E-state index contributed by atoms with van der Waals surface area (Å²) >= 11 is 0. The Balaban J connectivity index is 2.81. The third-order valence-corrected chi connectivity index (χ3v) is 4.26. The number of rotatable bonds is 6. The summed E-state index contributed by atoms with van der Waals surface area (Å²) in [5.41, 5.74) is 5.65. The summed E-state index contributed by atoms with van der Waals surface area (Å²) in [5.74, 6) is 0.580. The number of hydrogen-bond acceptors (Lipinski definition) is 5. The number of likely N-dealkylation sites (tertiary alicyclic amines) is 1. The van der Waals surface area contributed by atoms with E-state index in [9.17, 15) is 0 Å². The zero-order valence-electron chi connectivity index (χ0n) is 12.3. The minimum absolute atomic E-state index is 0.249. The minimum Gasteiger partial charge on any atom is -0.380 e. The Kier molecular flexibility index (Phi) is 6.01. The number of methoxy groups -OCH3 is 3. The van der Waals surface area contributed by atoms with Crippen LogP contribution in [0.3, 0.4) is 0 Å². The molecule has 1 rings (SSSR count). The lowest BCUT2D eigenvalue weighted by atomic mass is 9.90. The normalized spacial score (nSPS) is 29.5. The van der Waals surface area contributed by atoms with Crippen molar-refractivity contribution in [3.63, 3.8) is 0 Å². The molecule has 0 aromatic rings. The largest absolute Gasteiger partial charge is 0.380 e. The summed E-state index contributed by atoms with van der Waals surface area (Å²) < 4.78 is 16.4. The van der Waals surface area contributed by atoms with Gasteiger partial charge in [-0.3, -0.25) is 4.90 Å². The molecule has 0 aromatic heterocycles. The molecule has 0 aromatic carbocycles. The summed E-state index contributed by atoms with van der Waals surface area (Å²) in [4.78, 5) is 2.33. The van der Waals surface area contributed by atoms with Crippen LogP contribution in [0.5, 0.6) is 0 Å². The summed E-state index contributed by atoms with van der Waals surface area (Å²) in [5, 5.41) is 0. The highest BCUT2D eigenvalue weighted by atomic mass is 16.7. The molecule has 5 nitrogen and oxygen atoms in total. The lowest BCUT2D eigenvalue weighted by Crippen LogP contribution is -2.64. The SMILES string of the molecule is COC1CN(C(C)(CN)C(OC)OC)CCC1C. The third kappa shape index (κ3) is 3.03. The van der Waals surface area contributed by atoms with Gasteiger partial charge in [0.2, 0.25) is 0 Å². The predicted molar refractivity (Wildman–Crippen MR) is 71.4 cm³/mol. The molecule has 1 aliphatic rings. The van der Waals surface area contributed by atoms with Gasteiger partial charge in [0, 0.05) is 34.4 Å². The lowest BCUT2D eigenvalue weighted by molar-refractivity contribution is -0.192. The second-order valence-corrected chi connectivity index (χ2v) is 5.35. The maximum Gasteiger partial charge on any atom is 0.176 e. The van der Waals surface area contributed by atoms with Gasteiger partial charge in [-0.05, 0) is 25.8 Å². The second-order valence-electron chi connectivity index (χ2n) is 5.35. The van der Waals surface area contributed by atoms with E-state index in [0.29, 0.717) is 12.5 Å². The van der Waals surface area contributed by atoms with Crippen LogP contribution in [0.1, 0.15) is 20.3 Å². The highest BCUT2D eigenvalue weighted by Crippen LogP contribution is 2.28. The van der Waals surface area contributed by atoms with Gasteiger partial charge in [0.15, 0.2) is 6.29 Å². The Labute approximate surface area is 111 Å². The van der Waals surface area contributed by atoms with Gasteiger partial charge in [-0.25, -0.2) is 0 Å². The van der Waals surface area contributed by atoms with Crippen molar-refractivity contribution in [2.45, 2.75) is 38.2 Å². The monoisotopic (exact) mass is 260 g/mol. The van der Waals surface area contributed by atoms with Crippen molar-refractivity contribution in [2.24, 2.45) is 11.7 Å². The molecular formula is C13H28N2O3. The van der Waals surface area contributed by atoms with Crippen LogP contribution in [0.2, 0.25) is 0 Å². The van der Waals surface area contributed by atoms with E-state index in [1.54, 1.807) is 21.3 Å². The zero-order chi connectivity index (χ0) is 13.8. The average molecular weight is 260 g/mol. The van der Waals surface area contributed by atoms with Crippen LogP contribution < -0.4 is 5.73 Å². The molecule has 1 heterocycles. The van der Waals surface area contributed by atoms with E-state index in [2.05, 4.69) is 18.7 Å². The summed E-state index contributed by atoms with van der Waals surface area (Å²) in [6.45, 7) is 6.68. The van der Waals surface area contributed by atoms with Gasteiger partial charge in [-0.1, -0.05) is 6.92 Å². The Morgan fingerprint density at radius 1 is 1.33 bits per heavy atom. The fourth-order valence-corrected chi connectivity index (χ4v) is 2.78. The molecule has 0 aliphatic carbocycles. The third-order valence-electron chi connectivity index (χ3n) is 4.26. The fourth-order valence-electron chi connectivity index (χ4n) is 2.78. The van der Waals surface area contributed by atoms with E-state index in [0.717, 1.165) is 19.5 Å². The van der Waals surface area contributed by atoms with Crippen molar-refractivity contribution < 1.29 is 14.2 Å². The first kappa shape index (κ1) is 15.9. The van der Waals surface area contributed by atoms with Crippen LogP contribution in [0.15, 0.2) is 0 Å². The van der Waals surface area contributed by atoms with E-state index < -0.39 is 0 Å². The molecule has 0 spiro atoms. The Bertz CT molecular complexity index is 248. The molecule has 3 atom stereocenters. The molecular weight excluding hydrogens is 232 g/mol. The van der Waals surface area contributed by atoms with Crippen LogP contribution in [0.25, 0.3) is 0 Å². The number of ether oxygens (including phenoxy) is 3. The molecule has 0 amide bonds. The zero-order valence-corrected chi connectivity index (χ0v) is 12.3. The van der Waals surface area contributed by atoms with Crippen molar-refractivity contribution >= 4 is 0 Å². The quantitative estimate of drug-likeness (QED) is 0.712. The van der Waals surface area contributed by atoms with E-state index in [4.69, 9.17) is 19.9 Å². The van der Waals surface area contributed by atoms with E-state index in [-0.39, 0.29) is 17.9 Å². The van der Waals surface area contributed by atoms with Gasteiger partial charge < -0.3 is 19.9 Å². The van der Waals surface area contributed by atoms with Gasteiger partial charge in [0.05, 0.1) is 11.6 Å². The molecule has 1 aliphatic heterocycles. The maximum atomic E-state index is 5.97. The molecule has 1 saturated heterocycles. The summed E-state index contributed by atoms with van der Waals surface area (Å²) in [7, 11) is 5.08. The van der Waals surface area contributed by atoms with Gasteiger partial charge >= 0.3 is 0 Å². The number of nitrogens with two attached hydrogens (primary N) is 1. The fraction of sp³-hybridized carbons (Fsp3) is 1.00. The first-order chi connectivity index (χ1) is 8.53. The van der Waals surface area contributed by atoms with E-state index in [1.165, 1.54) is 0 Å². The van der Waals surface area contributed by atoms with Crippen molar-refractivity contribution in [3.05, 3.63) is 0 Å². The molecule has 108 valence electrons. The van der Waals surface area contributed by atoms with Gasteiger partial charge in [-0.2, -0.15) is 0 Å². The smallest absolute Gasteiger partial charge is 0.176 e. The van der Waals surface area contributed by atoms with E-state index in [1.807, 2.05) is 0 Å². The predicted octanol–water partition coefficient (Wildman–Crippen LogP) is 0.680. The molecule has 3 unspecified atom stereocenters. The molecule has 0 saturated carbocycles. The van der Waals surface area contributed by atoms with Crippen molar-refractivity contribution in [3.8, 4) is 0 Å². The second kappa shape index (κ2) is 6.82. The van der Waals surface area contributed by atoms with Crippen LogP contribution in [-0.2, 0) is 14.2 Å². The highest BCUT2D eigenvalue weighted by molar-refractivity contribution is 4.95. The summed E-state index contributed by atoms with van der Waals surface area (Å²) in [6, 6.07) is 0. The van der Waals surface area contributed by atoms with E-state index >= 15 is 0 Å². The van der Waals surface area contributed by atoms with Gasteiger partial charge in [0.1, 0.15) is 0 Å². The first-order valence-corrected chi connectivity index (χ1v) is 6.57. The first-order valence-electron chi connectivity index (χ1n) is 6.57. The van der Waals surface area contributed by atoms with Crippen LogP contribution >= 0.6 is 0 Å². The molecule has 2 N–H and O–H groups in total. The topological polar surface area (TPSA) is 57.0 Å². The standard InChI is InChI=1S/C13H28N2O3/c1-10-6-7-15(8-11(10)16-3)13(2,9-14)12(17-4)18-5/h10-12H,6-9,14H2,1-5H3. The summed E-state index contributed by atoms with van der Waals surface area (Å²) in [6.07, 6.45) is 1.03. The van der Waals surface area contributed by atoms with Crippen molar-refractivity contribution in [1.29, 1.82) is 0 Å². The van der Waals surface area contributed by atoms with Crippen molar-refractivity contribution in [1.82, 2.24) is 4.90 Å².